The Kier molecular flexibility index (Phi) is 4.22. The highest BCUT2D eigenvalue weighted by molar-refractivity contribution is 9.10. The van der Waals surface area contributed by atoms with Crippen molar-refractivity contribution in [1.82, 2.24) is 0 Å². The maximum absolute atomic E-state index is 3.57. The molecule has 0 fully saturated rings. The van der Waals surface area contributed by atoms with Gasteiger partial charge in [-0.3, -0.25) is 0 Å². The van der Waals surface area contributed by atoms with Gasteiger partial charge in [-0.2, -0.15) is 0 Å². The smallest absolute Gasteiger partial charge is 0.0378 e. The lowest BCUT2D eigenvalue weighted by Gasteiger charge is -2.28. The van der Waals surface area contributed by atoms with Crippen LogP contribution in [0, 0.1) is 11.8 Å². The molecular weight excluding hydrogens is 310 g/mol. The number of rotatable bonds is 5. The van der Waals surface area contributed by atoms with Crippen LogP contribution in [-0.2, 0) is 0 Å². The van der Waals surface area contributed by atoms with Gasteiger partial charge >= 0.3 is 0 Å². The van der Waals surface area contributed by atoms with Crippen LogP contribution in [0.15, 0.2) is 77.3 Å². The number of allylic oxidation sites excluding steroid dienone is 4. The number of anilines is 1. The van der Waals surface area contributed by atoms with Gasteiger partial charge in [-0.05, 0) is 18.2 Å². The van der Waals surface area contributed by atoms with Gasteiger partial charge in [-0.25, -0.2) is 0 Å². The first-order valence-electron chi connectivity index (χ1n) is 7.02. The van der Waals surface area contributed by atoms with Crippen LogP contribution in [0.3, 0.4) is 0 Å². The Bertz CT molecular complexity index is 529. The summed E-state index contributed by atoms with van der Waals surface area (Å²) >= 11 is 3.57. The van der Waals surface area contributed by atoms with Crippen LogP contribution in [0.4, 0.5) is 5.69 Å². The van der Waals surface area contributed by atoms with Crippen molar-refractivity contribution >= 4 is 21.6 Å². The van der Waals surface area contributed by atoms with Crippen LogP contribution >= 0.6 is 15.9 Å². The van der Waals surface area contributed by atoms with Crippen molar-refractivity contribution in [2.24, 2.45) is 11.8 Å². The van der Waals surface area contributed by atoms with E-state index in [1.165, 1.54) is 5.69 Å². The summed E-state index contributed by atoms with van der Waals surface area (Å²) in [6.07, 6.45) is 17.6. The molecule has 0 saturated heterocycles. The molecule has 0 aromatic heterocycles. The van der Waals surface area contributed by atoms with E-state index in [1.807, 2.05) is 0 Å². The number of nitrogens with zero attached hydrogens (tertiary/aromatic N) is 1. The van der Waals surface area contributed by atoms with Crippen molar-refractivity contribution in [1.29, 1.82) is 0 Å². The summed E-state index contributed by atoms with van der Waals surface area (Å²) < 4.78 is 1.13. The molecule has 3 rings (SSSR count). The van der Waals surface area contributed by atoms with Crippen molar-refractivity contribution in [2.75, 3.05) is 18.0 Å². The van der Waals surface area contributed by atoms with Gasteiger partial charge in [-0.15, -0.1) is 0 Å². The molecule has 0 bridgehead atoms. The minimum Gasteiger partial charge on any atom is -0.370 e. The Labute approximate surface area is 129 Å². The van der Waals surface area contributed by atoms with E-state index in [0.717, 1.165) is 17.6 Å². The molecule has 1 aromatic carbocycles. The van der Waals surface area contributed by atoms with E-state index in [2.05, 4.69) is 93.7 Å². The molecule has 0 radical (unpaired) electrons. The lowest BCUT2D eigenvalue weighted by molar-refractivity contribution is 0.669. The second kappa shape index (κ2) is 6.27. The third kappa shape index (κ3) is 3.31. The number of hydrogen-bond acceptors (Lipinski definition) is 1. The largest absolute Gasteiger partial charge is 0.370 e. The molecule has 2 heteroatoms. The number of benzene rings is 1. The van der Waals surface area contributed by atoms with Gasteiger partial charge < -0.3 is 4.90 Å². The molecule has 0 spiro atoms. The van der Waals surface area contributed by atoms with Gasteiger partial charge in [0.15, 0.2) is 0 Å². The molecule has 1 aromatic rings. The lowest BCUT2D eigenvalue weighted by Crippen LogP contribution is -2.31. The average Bonchev–Trinajstić information content (AvgIpc) is 3.11. The van der Waals surface area contributed by atoms with E-state index >= 15 is 0 Å². The summed E-state index contributed by atoms with van der Waals surface area (Å²) in [5.74, 6) is 1.03. The monoisotopic (exact) mass is 327 g/mol. The Hall–Kier alpha value is -1.54. The SMILES string of the molecule is Brc1cccc(N(CC2C=CC=C2)CC2C=CC=C2)c1. The summed E-state index contributed by atoms with van der Waals surface area (Å²) in [6, 6.07) is 8.57. The summed E-state index contributed by atoms with van der Waals surface area (Å²) in [5, 5.41) is 0. The highest BCUT2D eigenvalue weighted by Crippen LogP contribution is 2.24. The Morgan fingerprint density at radius 1 is 0.850 bits per heavy atom. The minimum atomic E-state index is 0.517. The van der Waals surface area contributed by atoms with Crippen LogP contribution < -0.4 is 4.90 Å². The molecule has 102 valence electrons. The molecule has 0 aliphatic heterocycles. The molecule has 0 atom stereocenters. The van der Waals surface area contributed by atoms with Crippen LogP contribution in [0.25, 0.3) is 0 Å². The molecule has 2 aliphatic rings. The van der Waals surface area contributed by atoms with Gasteiger partial charge in [0.25, 0.3) is 0 Å². The van der Waals surface area contributed by atoms with Crippen molar-refractivity contribution in [3.8, 4) is 0 Å². The van der Waals surface area contributed by atoms with Gasteiger partial charge in [0.05, 0.1) is 0 Å². The highest BCUT2D eigenvalue weighted by Gasteiger charge is 2.16. The van der Waals surface area contributed by atoms with Gasteiger partial charge in [0, 0.05) is 35.1 Å². The van der Waals surface area contributed by atoms with E-state index in [9.17, 15) is 0 Å². The molecule has 0 amide bonds. The van der Waals surface area contributed by atoms with Crippen LogP contribution in [0.1, 0.15) is 0 Å². The normalized spacial score (nSPS) is 17.4. The quantitative estimate of drug-likeness (QED) is 0.755. The Morgan fingerprint density at radius 2 is 1.40 bits per heavy atom. The van der Waals surface area contributed by atoms with E-state index in [0.29, 0.717) is 11.8 Å². The Morgan fingerprint density at radius 3 is 1.90 bits per heavy atom. The molecule has 0 heterocycles. The Balaban J connectivity index is 1.78. The van der Waals surface area contributed by atoms with E-state index in [4.69, 9.17) is 0 Å². The van der Waals surface area contributed by atoms with E-state index in [1.54, 1.807) is 0 Å². The zero-order valence-corrected chi connectivity index (χ0v) is 12.9. The van der Waals surface area contributed by atoms with Gasteiger partial charge in [0.1, 0.15) is 0 Å². The van der Waals surface area contributed by atoms with Crippen molar-refractivity contribution < 1.29 is 0 Å². The van der Waals surface area contributed by atoms with E-state index in [-0.39, 0.29) is 0 Å². The fourth-order valence-electron chi connectivity index (χ4n) is 2.67. The van der Waals surface area contributed by atoms with Crippen LogP contribution in [0.2, 0.25) is 0 Å². The zero-order chi connectivity index (χ0) is 13.8. The summed E-state index contributed by atoms with van der Waals surface area (Å²) in [5.41, 5.74) is 1.28. The van der Waals surface area contributed by atoms with E-state index < -0.39 is 0 Å². The molecule has 0 unspecified atom stereocenters. The average molecular weight is 328 g/mol. The summed E-state index contributed by atoms with van der Waals surface area (Å²) in [6.45, 7) is 2.06. The molecule has 0 N–H and O–H groups in total. The maximum Gasteiger partial charge on any atom is 0.0378 e. The predicted molar refractivity (Wildman–Crippen MR) is 89.9 cm³/mol. The second-order valence-electron chi connectivity index (χ2n) is 5.25. The maximum atomic E-state index is 3.57. The molecule has 0 saturated carbocycles. The standard InChI is InChI=1S/C18H18BrN/c19-17-10-5-11-18(12-17)20(13-15-6-1-2-7-15)14-16-8-3-4-9-16/h1-12,15-16H,13-14H2. The van der Waals surface area contributed by atoms with Crippen LogP contribution in [-0.4, -0.2) is 13.1 Å². The second-order valence-corrected chi connectivity index (χ2v) is 6.17. The highest BCUT2D eigenvalue weighted by atomic mass is 79.9. The van der Waals surface area contributed by atoms with Crippen LogP contribution in [0.5, 0.6) is 0 Å². The molecule has 20 heavy (non-hydrogen) atoms. The fourth-order valence-corrected chi connectivity index (χ4v) is 3.05. The first kappa shape index (κ1) is 13.4. The molecule has 2 aliphatic carbocycles. The lowest BCUT2D eigenvalue weighted by atomic mass is 10.1. The third-order valence-corrected chi connectivity index (χ3v) is 4.18. The first-order chi connectivity index (χ1) is 9.81. The number of hydrogen-bond donors (Lipinski definition) is 0. The van der Waals surface area contributed by atoms with Crippen molar-refractivity contribution in [2.45, 2.75) is 0 Å². The molecular formula is C18H18BrN. The topological polar surface area (TPSA) is 3.24 Å². The fraction of sp³-hybridized carbons (Fsp3) is 0.222. The zero-order valence-electron chi connectivity index (χ0n) is 11.3. The summed E-state index contributed by atoms with van der Waals surface area (Å²) in [4.78, 5) is 2.47. The number of halogens is 1. The third-order valence-electron chi connectivity index (χ3n) is 3.69. The van der Waals surface area contributed by atoms with Crippen molar-refractivity contribution in [3.05, 3.63) is 77.3 Å². The minimum absolute atomic E-state index is 0.517. The molecule has 1 nitrogen and oxygen atoms in total. The van der Waals surface area contributed by atoms with Crippen molar-refractivity contribution in [3.63, 3.8) is 0 Å². The summed E-state index contributed by atoms with van der Waals surface area (Å²) in [7, 11) is 0. The van der Waals surface area contributed by atoms with Gasteiger partial charge in [0.2, 0.25) is 0 Å². The van der Waals surface area contributed by atoms with Gasteiger partial charge in [-0.1, -0.05) is 70.6 Å². The first-order valence-corrected chi connectivity index (χ1v) is 7.81. The predicted octanol–water partition coefficient (Wildman–Crippen LogP) is 4.74.